The van der Waals surface area contributed by atoms with E-state index in [2.05, 4.69) is 64.2 Å². The predicted molar refractivity (Wildman–Crippen MR) is 229 cm³/mol. The number of imide groups is 1. The quantitative estimate of drug-likeness (QED) is 0.0712. The van der Waals surface area contributed by atoms with Gasteiger partial charge in [-0.25, -0.2) is 27.5 Å². The summed E-state index contributed by atoms with van der Waals surface area (Å²) in [5, 5.41) is 14.9. The van der Waals surface area contributed by atoms with Gasteiger partial charge in [-0.1, -0.05) is 18.1 Å². The van der Waals surface area contributed by atoms with Gasteiger partial charge in [0.25, 0.3) is 0 Å². The average molecular weight is 894 g/mol. The van der Waals surface area contributed by atoms with Crippen LogP contribution in [0, 0.1) is 29.1 Å². The first kappa shape index (κ1) is 45.4. The van der Waals surface area contributed by atoms with Crippen LogP contribution in [0.25, 0.3) is 5.57 Å². The van der Waals surface area contributed by atoms with Gasteiger partial charge in [0.15, 0.2) is 0 Å². The zero-order valence-corrected chi connectivity index (χ0v) is 35.8. The Bertz CT molecular complexity index is 2440. The molecule has 63 heavy (non-hydrogen) atoms. The number of sulfonamides is 1. The number of piperidine rings is 2. The zero-order valence-electron chi connectivity index (χ0n) is 35.0. The maximum absolute atomic E-state index is 15.3. The molecular formula is C44H51F4N9O5S. The Hall–Kier alpha value is -5.58. The number of aromatic nitrogens is 2. The van der Waals surface area contributed by atoms with Crippen molar-refractivity contribution in [1.82, 2.24) is 24.9 Å². The summed E-state index contributed by atoms with van der Waals surface area (Å²) in [5.74, 6) is 1.34. The standard InChI is InChI=1S/C44H51F4N9O5S/c1-42(2,60)25-50-23-30(22-49)39-35(44(46,47)48)24-51-41(54-39)52-37-12-10-33(21-36(37)45)63(61,62)55-31-8-6-28(7-9-31)14-17-56-18-15-43(16-19-56)26-57(27-43)32-5-3-4-29(20-32)34-11-13-38(58)53-40(34)59/h3-5,10,12,20-24,28,31,34,55,60H,6-9,11,13,15-16,18-19,25-27,49H2,1-2H3,(H,51,52,54)(H,53,58,59)/b30-22+,50-23?. The summed E-state index contributed by atoms with van der Waals surface area (Å²) in [6.45, 7) is 6.42. The molecule has 0 radical (unpaired) electrons. The molecule has 4 fully saturated rings. The number of nitrogens with two attached hydrogens (primary N) is 1. The van der Waals surface area contributed by atoms with Gasteiger partial charge < -0.3 is 26.0 Å². The van der Waals surface area contributed by atoms with Crippen LogP contribution in [0.15, 0.2) is 64.7 Å². The lowest BCUT2D eigenvalue weighted by Gasteiger charge is -2.54. The molecule has 4 aliphatic rings. The summed E-state index contributed by atoms with van der Waals surface area (Å²) in [4.78, 5) is 39.8. The van der Waals surface area contributed by atoms with E-state index < -0.39 is 44.8 Å². The minimum Gasteiger partial charge on any atom is -0.404 e. The van der Waals surface area contributed by atoms with Gasteiger partial charge in [-0.2, -0.15) is 13.2 Å². The average Bonchev–Trinajstić information content (AvgIpc) is 3.21. The molecule has 6 N–H and O–H groups in total. The van der Waals surface area contributed by atoms with Gasteiger partial charge >= 0.3 is 6.18 Å². The van der Waals surface area contributed by atoms with Gasteiger partial charge in [0.1, 0.15) is 11.4 Å². The molecule has 2 aromatic carbocycles. The first-order chi connectivity index (χ1) is 29.8. The van der Waals surface area contributed by atoms with E-state index in [-0.39, 0.29) is 57.8 Å². The van der Waals surface area contributed by atoms with Crippen LogP contribution in [-0.2, 0) is 25.8 Å². The SMILES string of the molecule is CC(C)(O)CN=C/C(=C\N)c1nc(Nc2ccc(S(=O)(=O)NC3CCC(C#CN4CCC5(CC4)CN(c4cccc(C6CCC(=O)NC6=O)c4)C5)CC3)cc2F)ncc1C(F)(F)F. The highest BCUT2D eigenvalue weighted by Crippen LogP contribution is 2.43. The number of aliphatic imine (C=N–C) groups is 1. The number of hydrogen-bond donors (Lipinski definition) is 5. The number of nitrogens with one attached hydrogen (secondary N) is 3. The number of carbonyl (C=O) groups is 2. The highest BCUT2D eigenvalue weighted by Gasteiger charge is 2.45. The van der Waals surface area contributed by atoms with Crippen LogP contribution >= 0.6 is 0 Å². The Morgan fingerprint density at radius 2 is 1.81 bits per heavy atom. The number of benzene rings is 2. The first-order valence-corrected chi connectivity index (χ1v) is 22.4. The van der Waals surface area contributed by atoms with E-state index in [1.54, 1.807) is 0 Å². The Labute approximate surface area is 363 Å². The maximum Gasteiger partial charge on any atom is 0.419 e. The number of rotatable bonds is 11. The molecule has 1 unspecified atom stereocenters. The molecule has 1 spiro atoms. The largest absolute Gasteiger partial charge is 0.419 e. The van der Waals surface area contributed by atoms with Crippen molar-refractivity contribution in [2.45, 2.75) is 93.8 Å². The number of hydrogen-bond acceptors (Lipinski definition) is 12. The second kappa shape index (κ2) is 18.3. The van der Waals surface area contributed by atoms with Gasteiger partial charge in [0.05, 0.1) is 34.3 Å². The Morgan fingerprint density at radius 3 is 2.46 bits per heavy atom. The number of aliphatic hydroxyl groups is 1. The lowest BCUT2D eigenvalue weighted by atomic mass is 9.71. The highest BCUT2D eigenvalue weighted by atomic mass is 32.2. The molecule has 7 rings (SSSR count). The minimum absolute atomic E-state index is 0.115. The van der Waals surface area contributed by atoms with E-state index in [1.807, 2.05) is 12.1 Å². The van der Waals surface area contributed by atoms with E-state index in [0.29, 0.717) is 44.7 Å². The summed E-state index contributed by atoms with van der Waals surface area (Å²) >= 11 is 0. The second-order valence-corrected chi connectivity index (χ2v) is 19.2. The van der Waals surface area contributed by atoms with Crippen molar-refractivity contribution >= 4 is 50.9 Å². The number of likely N-dealkylation sites (tertiary alicyclic amines) is 1. The van der Waals surface area contributed by atoms with Crippen LogP contribution in [0.4, 0.5) is 34.9 Å². The zero-order chi connectivity index (χ0) is 45.2. The molecule has 1 aromatic heterocycles. The van der Waals surface area contributed by atoms with Crippen LogP contribution in [0.5, 0.6) is 0 Å². The minimum atomic E-state index is -4.87. The molecule has 1 aliphatic carbocycles. The van der Waals surface area contributed by atoms with E-state index in [0.717, 1.165) is 74.8 Å². The number of amides is 2. The Balaban J connectivity index is 0.882. The first-order valence-electron chi connectivity index (χ1n) is 20.9. The molecule has 2 amide bonds. The smallest absolute Gasteiger partial charge is 0.404 e. The molecule has 0 bridgehead atoms. The third-order valence-electron chi connectivity index (χ3n) is 12.0. The molecule has 1 atom stereocenters. The molecule has 4 heterocycles. The van der Waals surface area contributed by atoms with Crippen LogP contribution in [-0.4, -0.2) is 90.8 Å². The van der Waals surface area contributed by atoms with Crippen molar-refractivity contribution in [2.75, 3.05) is 42.9 Å². The van der Waals surface area contributed by atoms with Crippen LogP contribution in [0.1, 0.15) is 88.0 Å². The van der Waals surface area contributed by atoms with Crippen molar-refractivity contribution in [3.63, 3.8) is 0 Å². The number of alkyl halides is 3. The van der Waals surface area contributed by atoms with Gasteiger partial charge in [0, 0.05) is 85.9 Å². The predicted octanol–water partition coefficient (Wildman–Crippen LogP) is 5.44. The van der Waals surface area contributed by atoms with Crippen molar-refractivity contribution in [2.24, 2.45) is 22.1 Å². The van der Waals surface area contributed by atoms with Gasteiger partial charge in [-0.3, -0.25) is 19.9 Å². The third-order valence-corrected chi connectivity index (χ3v) is 13.5. The molecule has 3 aromatic rings. The number of carbonyl (C=O) groups excluding carboxylic acids is 2. The van der Waals surface area contributed by atoms with Gasteiger partial charge in [-0.15, -0.1) is 0 Å². The summed E-state index contributed by atoms with van der Waals surface area (Å²) in [7, 11) is -4.13. The second-order valence-electron chi connectivity index (χ2n) is 17.5. The molecule has 19 heteroatoms. The lowest BCUT2D eigenvalue weighted by Crippen LogP contribution is -2.60. The molecule has 14 nitrogen and oxygen atoms in total. The topological polar surface area (TPSA) is 195 Å². The number of nitrogens with zero attached hydrogens (tertiary/aromatic N) is 5. The number of anilines is 3. The monoisotopic (exact) mass is 893 g/mol. The molecule has 1 saturated carbocycles. The third kappa shape index (κ3) is 11.1. The summed E-state index contributed by atoms with van der Waals surface area (Å²) < 4.78 is 86.3. The van der Waals surface area contributed by atoms with Crippen molar-refractivity contribution in [3.05, 3.63) is 77.5 Å². The fourth-order valence-electron chi connectivity index (χ4n) is 8.44. The van der Waals surface area contributed by atoms with Gasteiger partial charge in [-0.05, 0) is 94.7 Å². The van der Waals surface area contributed by atoms with Gasteiger partial charge in [0.2, 0.25) is 27.8 Å². The van der Waals surface area contributed by atoms with Crippen LogP contribution in [0.2, 0.25) is 0 Å². The number of halogens is 4. The fraction of sp³-hybridized carbons (Fsp3) is 0.477. The van der Waals surface area contributed by atoms with E-state index in [9.17, 15) is 36.3 Å². The fourth-order valence-corrected chi connectivity index (χ4v) is 9.75. The molecule has 3 saturated heterocycles. The van der Waals surface area contributed by atoms with Crippen LogP contribution in [0.3, 0.4) is 0 Å². The Morgan fingerprint density at radius 1 is 1.08 bits per heavy atom. The lowest BCUT2D eigenvalue weighted by molar-refractivity contribution is -0.138. The maximum atomic E-state index is 15.3. The molecular weight excluding hydrogens is 843 g/mol. The highest BCUT2D eigenvalue weighted by molar-refractivity contribution is 7.89. The van der Waals surface area contributed by atoms with E-state index in [4.69, 9.17) is 5.73 Å². The van der Waals surface area contributed by atoms with E-state index in [1.165, 1.54) is 19.9 Å². The summed E-state index contributed by atoms with van der Waals surface area (Å²) in [5.41, 5.74) is 4.27. The van der Waals surface area contributed by atoms with Crippen molar-refractivity contribution < 1.29 is 40.7 Å². The van der Waals surface area contributed by atoms with Crippen molar-refractivity contribution in [1.29, 1.82) is 0 Å². The summed E-state index contributed by atoms with van der Waals surface area (Å²) in [6, 6.07) is 14.2. The van der Waals surface area contributed by atoms with Crippen LogP contribution < -0.4 is 26.0 Å². The number of allylic oxidation sites excluding steroid dienone is 1. The molecule has 336 valence electrons. The molecule has 3 aliphatic heterocycles. The summed E-state index contributed by atoms with van der Waals surface area (Å²) in [6.07, 6.45) is 2.97. The normalized spacial score (nSPS) is 22.1. The van der Waals surface area contributed by atoms with E-state index >= 15 is 4.39 Å². The Kier molecular flexibility index (Phi) is 13.2. The van der Waals surface area contributed by atoms with Crippen molar-refractivity contribution in [3.8, 4) is 12.0 Å².